The Morgan fingerprint density at radius 1 is 1.47 bits per heavy atom. The van der Waals surface area contributed by atoms with Crippen LogP contribution in [0.4, 0.5) is 5.82 Å². The molecule has 1 aliphatic rings. The molecule has 0 saturated heterocycles. The molecule has 0 fully saturated rings. The number of likely N-dealkylation sites (N-methyl/N-ethyl adjacent to an activating group) is 1. The molecule has 0 aromatic carbocycles. The van der Waals surface area contributed by atoms with Gasteiger partial charge in [0.1, 0.15) is 5.82 Å². The molecule has 1 aliphatic heterocycles. The summed E-state index contributed by atoms with van der Waals surface area (Å²) < 4.78 is 0. The fourth-order valence-corrected chi connectivity index (χ4v) is 2.16. The van der Waals surface area contributed by atoms with Crippen molar-refractivity contribution in [2.75, 3.05) is 25.4 Å². The van der Waals surface area contributed by atoms with E-state index in [4.69, 9.17) is 5.73 Å². The first kappa shape index (κ1) is 16.4. The van der Waals surface area contributed by atoms with Crippen molar-refractivity contribution in [2.45, 2.75) is 26.2 Å². The smallest absolute Gasteiger partial charge is 0.142 e. The lowest BCUT2D eigenvalue weighted by Gasteiger charge is -2.19. The van der Waals surface area contributed by atoms with E-state index in [1.807, 2.05) is 0 Å². The predicted molar refractivity (Wildman–Crippen MR) is 75.2 cm³/mol. The van der Waals surface area contributed by atoms with Gasteiger partial charge in [-0.1, -0.05) is 13.8 Å². The van der Waals surface area contributed by atoms with Crippen LogP contribution >= 0.6 is 24.8 Å². The van der Waals surface area contributed by atoms with Gasteiger partial charge < -0.3 is 10.6 Å². The van der Waals surface area contributed by atoms with E-state index in [1.54, 1.807) is 6.20 Å². The van der Waals surface area contributed by atoms with Crippen LogP contribution in [0.3, 0.4) is 0 Å². The second-order valence-corrected chi connectivity index (χ2v) is 4.17. The maximum absolute atomic E-state index is 5.66. The molecule has 6 heteroatoms. The topological polar surface area (TPSA) is 55.0 Å². The van der Waals surface area contributed by atoms with Gasteiger partial charge in [-0.05, 0) is 6.54 Å². The average Bonchev–Trinajstić information content (AvgIpc) is 2.38. The summed E-state index contributed by atoms with van der Waals surface area (Å²) in [7, 11) is 0. The standard InChI is InChI=1S/C11H18N4.2ClH/c1-3-15-5-4-9-11(8(2)7-15)13-6-10(12)14-9;;/h6,8H,3-5,7H2,1-2H3,(H2,12,14);2*1H/t8-;;/m1../s1. The third-order valence-corrected chi connectivity index (χ3v) is 3.01. The minimum Gasteiger partial charge on any atom is -0.382 e. The van der Waals surface area contributed by atoms with Crippen molar-refractivity contribution in [1.29, 1.82) is 0 Å². The van der Waals surface area contributed by atoms with E-state index in [0.717, 1.165) is 37.4 Å². The number of halogens is 2. The van der Waals surface area contributed by atoms with E-state index in [0.29, 0.717) is 11.7 Å². The Bertz CT molecular complexity index is 359. The minimum absolute atomic E-state index is 0. The SMILES string of the molecule is CCN1CCc2nc(N)cnc2[C@H](C)C1.Cl.Cl. The van der Waals surface area contributed by atoms with Gasteiger partial charge in [-0.25, -0.2) is 4.98 Å². The molecule has 0 aliphatic carbocycles. The maximum Gasteiger partial charge on any atom is 0.142 e. The Morgan fingerprint density at radius 3 is 2.82 bits per heavy atom. The Labute approximate surface area is 115 Å². The van der Waals surface area contributed by atoms with Crippen LogP contribution in [0.25, 0.3) is 0 Å². The van der Waals surface area contributed by atoms with Crippen LogP contribution in [0.15, 0.2) is 6.20 Å². The van der Waals surface area contributed by atoms with Crippen molar-refractivity contribution in [3.63, 3.8) is 0 Å². The van der Waals surface area contributed by atoms with Gasteiger partial charge in [0.2, 0.25) is 0 Å². The molecule has 1 aromatic heterocycles. The van der Waals surface area contributed by atoms with Crippen molar-refractivity contribution < 1.29 is 0 Å². The van der Waals surface area contributed by atoms with Crippen LogP contribution in [0.1, 0.15) is 31.2 Å². The zero-order valence-corrected chi connectivity index (χ0v) is 11.9. The Hall–Kier alpha value is -0.580. The van der Waals surface area contributed by atoms with E-state index in [2.05, 4.69) is 28.7 Å². The highest BCUT2D eigenvalue weighted by Gasteiger charge is 2.21. The van der Waals surface area contributed by atoms with E-state index in [-0.39, 0.29) is 24.8 Å². The normalized spacial score (nSPS) is 19.5. The number of nitrogen functional groups attached to an aromatic ring is 1. The highest BCUT2D eigenvalue weighted by Crippen LogP contribution is 2.22. The number of fused-ring (bicyclic) bond motifs is 1. The van der Waals surface area contributed by atoms with Gasteiger partial charge in [0.05, 0.1) is 17.6 Å². The number of anilines is 1. The molecule has 98 valence electrons. The van der Waals surface area contributed by atoms with Crippen LogP contribution in [-0.4, -0.2) is 34.5 Å². The van der Waals surface area contributed by atoms with Gasteiger partial charge in [0.25, 0.3) is 0 Å². The van der Waals surface area contributed by atoms with E-state index in [9.17, 15) is 0 Å². The van der Waals surface area contributed by atoms with E-state index in [1.165, 1.54) is 0 Å². The maximum atomic E-state index is 5.66. The number of hydrogen-bond donors (Lipinski definition) is 1. The predicted octanol–water partition coefficient (Wildman–Crippen LogP) is 1.88. The molecule has 2 heterocycles. The van der Waals surface area contributed by atoms with Crippen LogP contribution in [-0.2, 0) is 6.42 Å². The van der Waals surface area contributed by atoms with Gasteiger partial charge >= 0.3 is 0 Å². The lowest BCUT2D eigenvalue weighted by atomic mass is 10.1. The Balaban J connectivity index is 0.00000128. The monoisotopic (exact) mass is 278 g/mol. The summed E-state index contributed by atoms with van der Waals surface area (Å²) in [5.41, 5.74) is 7.87. The number of hydrogen-bond acceptors (Lipinski definition) is 4. The zero-order chi connectivity index (χ0) is 10.8. The summed E-state index contributed by atoms with van der Waals surface area (Å²) in [6.07, 6.45) is 2.63. The van der Waals surface area contributed by atoms with Gasteiger partial charge in [-0.15, -0.1) is 24.8 Å². The molecule has 0 amide bonds. The van der Waals surface area contributed by atoms with Crippen molar-refractivity contribution in [3.8, 4) is 0 Å². The third-order valence-electron chi connectivity index (χ3n) is 3.01. The van der Waals surface area contributed by atoms with Crippen molar-refractivity contribution >= 4 is 30.6 Å². The quantitative estimate of drug-likeness (QED) is 0.853. The fourth-order valence-electron chi connectivity index (χ4n) is 2.16. The highest BCUT2D eigenvalue weighted by molar-refractivity contribution is 5.85. The number of aromatic nitrogens is 2. The summed E-state index contributed by atoms with van der Waals surface area (Å²) in [6, 6.07) is 0. The summed E-state index contributed by atoms with van der Waals surface area (Å²) in [6.45, 7) is 7.62. The first-order chi connectivity index (χ1) is 7.20. The van der Waals surface area contributed by atoms with Crippen molar-refractivity contribution in [1.82, 2.24) is 14.9 Å². The molecular weight excluding hydrogens is 259 g/mol. The molecule has 0 saturated carbocycles. The summed E-state index contributed by atoms with van der Waals surface area (Å²) >= 11 is 0. The molecule has 0 radical (unpaired) electrons. The zero-order valence-electron chi connectivity index (χ0n) is 10.2. The first-order valence-electron chi connectivity index (χ1n) is 5.54. The van der Waals surface area contributed by atoms with Gasteiger partial charge in [-0.2, -0.15) is 0 Å². The van der Waals surface area contributed by atoms with Crippen LogP contribution in [0, 0.1) is 0 Å². The molecule has 2 rings (SSSR count). The van der Waals surface area contributed by atoms with E-state index >= 15 is 0 Å². The summed E-state index contributed by atoms with van der Waals surface area (Å²) in [5, 5.41) is 0. The largest absolute Gasteiger partial charge is 0.382 e. The number of nitrogens with zero attached hydrogens (tertiary/aromatic N) is 3. The van der Waals surface area contributed by atoms with Crippen molar-refractivity contribution in [3.05, 3.63) is 17.6 Å². The minimum atomic E-state index is 0. The molecule has 1 atom stereocenters. The molecule has 0 unspecified atom stereocenters. The molecule has 1 aromatic rings. The fraction of sp³-hybridized carbons (Fsp3) is 0.636. The number of nitrogens with two attached hydrogens (primary N) is 1. The highest BCUT2D eigenvalue weighted by atomic mass is 35.5. The summed E-state index contributed by atoms with van der Waals surface area (Å²) in [4.78, 5) is 11.2. The third kappa shape index (κ3) is 3.69. The van der Waals surface area contributed by atoms with Gasteiger partial charge in [0.15, 0.2) is 0 Å². The van der Waals surface area contributed by atoms with Crippen LogP contribution in [0.5, 0.6) is 0 Å². The summed E-state index contributed by atoms with van der Waals surface area (Å²) in [5.74, 6) is 0.987. The van der Waals surface area contributed by atoms with Gasteiger partial charge in [0, 0.05) is 25.4 Å². The molecule has 2 N–H and O–H groups in total. The molecule has 0 spiro atoms. The number of rotatable bonds is 1. The Kier molecular flexibility index (Phi) is 6.75. The molecule has 4 nitrogen and oxygen atoms in total. The van der Waals surface area contributed by atoms with Crippen LogP contribution < -0.4 is 5.73 Å². The average molecular weight is 279 g/mol. The lowest BCUT2D eigenvalue weighted by Crippen LogP contribution is -2.27. The first-order valence-corrected chi connectivity index (χ1v) is 5.54. The molecule has 0 bridgehead atoms. The van der Waals surface area contributed by atoms with Crippen LogP contribution in [0.2, 0.25) is 0 Å². The Morgan fingerprint density at radius 2 is 2.18 bits per heavy atom. The second kappa shape index (κ2) is 6.99. The second-order valence-electron chi connectivity index (χ2n) is 4.17. The van der Waals surface area contributed by atoms with E-state index < -0.39 is 0 Å². The molecule has 17 heavy (non-hydrogen) atoms. The van der Waals surface area contributed by atoms with Crippen molar-refractivity contribution in [2.24, 2.45) is 0 Å². The lowest BCUT2D eigenvalue weighted by molar-refractivity contribution is 0.285. The van der Waals surface area contributed by atoms with Gasteiger partial charge in [-0.3, -0.25) is 4.98 Å². The molecular formula is C11H20Cl2N4.